The quantitative estimate of drug-likeness (QED) is 0.565. The van der Waals surface area contributed by atoms with Crippen molar-refractivity contribution in [1.82, 2.24) is 0 Å². The van der Waals surface area contributed by atoms with Gasteiger partial charge in [0, 0.05) is 24.7 Å². The molecule has 0 heterocycles. The summed E-state index contributed by atoms with van der Waals surface area (Å²) in [5.41, 5.74) is 2.32. The molecule has 4 heteroatoms. The summed E-state index contributed by atoms with van der Waals surface area (Å²) >= 11 is 0. The van der Waals surface area contributed by atoms with Crippen LogP contribution in [0.5, 0.6) is 0 Å². The number of rotatable bonds is 7. The number of aliphatic hydroxyl groups is 1. The van der Waals surface area contributed by atoms with E-state index in [0.717, 1.165) is 5.56 Å². The Morgan fingerprint density at radius 1 is 1.19 bits per heavy atom. The van der Waals surface area contributed by atoms with Crippen molar-refractivity contribution in [3.63, 3.8) is 0 Å². The molecule has 2 N–H and O–H groups in total. The Morgan fingerprint density at radius 3 is 2.42 bits per heavy atom. The Kier molecular flexibility index (Phi) is 6.76. The van der Waals surface area contributed by atoms with Crippen LogP contribution in [-0.4, -0.2) is 28.1 Å². The zero-order valence-corrected chi connectivity index (χ0v) is 15.9. The Morgan fingerprint density at radius 2 is 1.85 bits per heavy atom. The van der Waals surface area contributed by atoms with E-state index in [2.05, 4.69) is 32.9 Å². The maximum Gasteiger partial charge on any atom is 0.303 e. The fraction of sp³-hybridized carbons (Fsp3) is 0.545. The van der Waals surface area contributed by atoms with E-state index in [1.54, 1.807) is 0 Å². The molecular formula is C22H30O4. The first-order valence-corrected chi connectivity index (χ1v) is 9.38. The molecule has 2 rings (SSSR count). The average molecular weight is 358 g/mol. The Labute approximate surface area is 155 Å². The highest BCUT2D eigenvalue weighted by Crippen LogP contribution is 2.40. The van der Waals surface area contributed by atoms with Crippen LogP contribution in [0.15, 0.2) is 36.4 Å². The van der Waals surface area contributed by atoms with Gasteiger partial charge < -0.3 is 10.2 Å². The number of carbonyl (C=O) groups is 2. The van der Waals surface area contributed by atoms with E-state index in [9.17, 15) is 14.7 Å². The van der Waals surface area contributed by atoms with Gasteiger partial charge in [0.25, 0.3) is 0 Å². The summed E-state index contributed by atoms with van der Waals surface area (Å²) in [6.07, 6.45) is 5.53. The molecule has 1 aliphatic carbocycles. The summed E-state index contributed by atoms with van der Waals surface area (Å²) < 4.78 is 0. The number of allylic oxidation sites excluding steroid dienone is 2. The van der Waals surface area contributed by atoms with Crippen molar-refractivity contribution in [1.29, 1.82) is 0 Å². The molecule has 142 valence electrons. The van der Waals surface area contributed by atoms with Crippen LogP contribution in [-0.2, 0) is 15.0 Å². The van der Waals surface area contributed by atoms with Crippen molar-refractivity contribution in [3.8, 4) is 0 Å². The van der Waals surface area contributed by atoms with Gasteiger partial charge in [-0.25, -0.2) is 0 Å². The predicted molar refractivity (Wildman–Crippen MR) is 102 cm³/mol. The normalized spacial score (nSPS) is 23.7. The molecule has 0 aromatic heterocycles. The number of aliphatic hydroxyl groups excluding tert-OH is 1. The minimum Gasteiger partial charge on any atom is -0.481 e. The molecule has 1 saturated carbocycles. The lowest BCUT2D eigenvalue weighted by atomic mass is 9.82. The summed E-state index contributed by atoms with van der Waals surface area (Å²) in [6, 6.07) is 8.25. The summed E-state index contributed by atoms with van der Waals surface area (Å²) in [4.78, 5) is 22.8. The first-order valence-electron chi connectivity index (χ1n) is 9.38. The molecule has 26 heavy (non-hydrogen) atoms. The smallest absolute Gasteiger partial charge is 0.303 e. The maximum atomic E-state index is 12.3. The van der Waals surface area contributed by atoms with Gasteiger partial charge in [-0.15, -0.1) is 0 Å². The summed E-state index contributed by atoms with van der Waals surface area (Å²) in [7, 11) is 0. The molecule has 1 fully saturated rings. The molecule has 1 aromatic rings. The minimum atomic E-state index is -0.786. The second kappa shape index (κ2) is 8.63. The average Bonchev–Trinajstić information content (AvgIpc) is 2.83. The van der Waals surface area contributed by atoms with Crippen LogP contribution in [0.25, 0.3) is 0 Å². The lowest BCUT2D eigenvalue weighted by Gasteiger charge is -2.23. The number of carboxylic acids is 1. The third kappa shape index (κ3) is 5.28. The van der Waals surface area contributed by atoms with Crippen molar-refractivity contribution in [2.45, 2.75) is 70.3 Å². The fourth-order valence-electron chi connectivity index (χ4n) is 3.62. The summed E-state index contributed by atoms with van der Waals surface area (Å²) in [5, 5.41) is 19.0. The number of unbranched alkanes of at least 4 members (excludes halogenated alkanes) is 1. The van der Waals surface area contributed by atoms with Gasteiger partial charge in [-0.05, 0) is 35.8 Å². The van der Waals surface area contributed by atoms with Gasteiger partial charge in [-0.2, -0.15) is 0 Å². The Hall–Kier alpha value is -1.94. The van der Waals surface area contributed by atoms with Gasteiger partial charge in [0.2, 0.25) is 0 Å². The number of carbonyl (C=O) groups excluding carboxylic acids is 1. The van der Waals surface area contributed by atoms with E-state index in [0.29, 0.717) is 19.3 Å². The number of hydrogen-bond donors (Lipinski definition) is 2. The maximum absolute atomic E-state index is 12.3. The largest absolute Gasteiger partial charge is 0.481 e. The summed E-state index contributed by atoms with van der Waals surface area (Å²) in [5.74, 6) is -1.05. The van der Waals surface area contributed by atoms with Gasteiger partial charge in [0.05, 0.1) is 6.10 Å². The van der Waals surface area contributed by atoms with E-state index < -0.39 is 12.1 Å². The van der Waals surface area contributed by atoms with Crippen molar-refractivity contribution in [2.24, 2.45) is 5.92 Å². The monoisotopic (exact) mass is 358 g/mol. The molecule has 4 nitrogen and oxygen atoms in total. The number of benzene rings is 1. The van der Waals surface area contributed by atoms with Gasteiger partial charge in [0.15, 0.2) is 0 Å². The van der Waals surface area contributed by atoms with Crippen molar-refractivity contribution >= 4 is 11.8 Å². The van der Waals surface area contributed by atoms with Gasteiger partial charge in [-0.1, -0.05) is 57.2 Å². The second-order valence-corrected chi connectivity index (χ2v) is 8.24. The zero-order valence-electron chi connectivity index (χ0n) is 15.9. The van der Waals surface area contributed by atoms with Crippen LogP contribution < -0.4 is 0 Å². The number of hydrogen-bond acceptors (Lipinski definition) is 3. The van der Waals surface area contributed by atoms with Crippen LogP contribution in [0.4, 0.5) is 0 Å². The minimum absolute atomic E-state index is 0.0702. The lowest BCUT2D eigenvalue weighted by Crippen LogP contribution is -2.19. The van der Waals surface area contributed by atoms with Gasteiger partial charge >= 0.3 is 5.97 Å². The first kappa shape index (κ1) is 20.4. The van der Waals surface area contributed by atoms with E-state index in [-0.39, 0.29) is 35.9 Å². The predicted octanol–water partition coefficient (Wildman–Crippen LogP) is 4.22. The van der Waals surface area contributed by atoms with Crippen LogP contribution in [0.2, 0.25) is 0 Å². The molecule has 0 spiro atoms. The van der Waals surface area contributed by atoms with Gasteiger partial charge in [-0.3, -0.25) is 9.59 Å². The lowest BCUT2D eigenvalue weighted by molar-refractivity contribution is -0.137. The first-order chi connectivity index (χ1) is 12.2. The molecule has 0 amide bonds. The third-order valence-electron chi connectivity index (χ3n) is 5.15. The van der Waals surface area contributed by atoms with E-state index in [1.165, 1.54) is 5.56 Å². The number of carboxylic acid groups (broad SMARTS) is 1. The number of Topliss-reactive ketones (excluding diaryl/α,β-unsaturated/α-hetero) is 1. The molecule has 0 aliphatic heterocycles. The fourth-order valence-corrected chi connectivity index (χ4v) is 3.62. The SMILES string of the molecule is CC(C)(C)c1ccc([C@H]2[C@H](O)CC(=O)[C@@H]2C/C=C\CCCC(=O)O)cc1. The van der Waals surface area contributed by atoms with Crippen LogP contribution in [0.3, 0.4) is 0 Å². The molecule has 0 bridgehead atoms. The van der Waals surface area contributed by atoms with E-state index in [1.807, 2.05) is 24.3 Å². The van der Waals surface area contributed by atoms with Crippen LogP contribution >= 0.6 is 0 Å². The Bertz CT molecular complexity index is 652. The molecule has 0 unspecified atom stereocenters. The molecule has 0 radical (unpaired) electrons. The van der Waals surface area contributed by atoms with Crippen molar-refractivity contribution in [3.05, 3.63) is 47.5 Å². The standard InChI is InChI=1S/C22H30O4/c1-22(2,3)16-12-10-15(11-13-16)21-17(18(23)14-19(21)24)8-6-4-5-7-9-20(25)26/h4,6,10-13,17,19,21,24H,5,7-9,14H2,1-3H3,(H,25,26)/b6-4-/t17-,19+,21+/m0/s1. The number of aliphatic carboxylic acids is 1. The number of ketones is 1. The molecule has 3 atom stereocenters. The van der Waals surface area contributed by atoms with Gasteiger partial charge in [0.1, 0.15) is 5.78 Å². The zero-order chi connectivity index (χ0) is 19.3. The molecule has 0 saturated heterocycles. The van der Waals surface area contributed by atoms with Crippen LogP contribution in [0, 0.1) is 5.92 Å². The molecule has 1 aliphatic rings. The summed E-state index contributed by atoms with van der Waals surface area (Å²) in [6.45, 7) is 6.48. The van der Waals surface area contributed by atoms with E-state index in [4.69, 9.17) is 5.11 Å². The van der Waals surface area contributed by atoms with Crippen molar-refractivity contribution < 1.29 is 19.8 Å². The molecule has 1 aromatic carbocycles. The highest BCUT2D eigenvalue weighted by Gasteiger charge is 2.41. The van der Waals surface area contributed by atoms with Crippen molar-refractivity contribution in [2.75, 3.05) is 0 Å². The topological polar surface area (TPSA) is 74.6 Å². The van der Waals surface area contributed by atoms with Crippen LogP contribution in [0.1, 0.15) is 69.9 Å². The van der Waals surface area contributed by atoms with E-state index >= 15 is 0 Å². The highest BCUT2D eigenvalue weighted by molar-refractivity contribution is 5.85. The third-order valence-corrected chi connectivity index (χ3v) is 5.15. The highest BCUT2D eigenvalue weighted by atomic mass is 16.4. The molecular weight excluding hydrogens is 328 g/mol. The second-order valence-electron chi connectivity index (χ2n) is 8.24. The Balaban J connectivity index is 2.04.